The van der Waals surface area contributed by atoms with Crippen molar-refractivity contribution in [3.05, 3.63) is 24.5 Å². The highest BCUT2D eigenvalue weighted by Crippen LogP contribution is 2.25. The van der Waals surface area contributed by atoms with Crippen molar-refractivity contribution < 1.29 is 9.90 Å². The van der Waals surface area contributed by atoms with E-state index in [0.29, 0.717) is 11.6 Å². The average molecular weight is 286 g/mol. The summed E-state index contributed by atoms with van der Waals surface area (Å²) in [4.78, 5) is 25.9. The smallest absolute Gasteiger partial charge is 0.303 e. The van der Waals surface area contributed by atoms with Crippen LogP contribution in [0.3, 0.4) is 0 Å². The molecular formula is C15H18N4O2. The molecule has 0 aromatic carbocycles. The van der Waals surface area contributed by atoms with E-state index < -0.39 is 5.97 Å². The number of aromatic nitrogens is 3. The minimum absolute atomic E-state index is 0.272. The summed E-state index contributed by atoms with van der Waals surface area (Å²) >= 11 is 0. The summed E-state index contributed by atoms with van der Waals surface area (Å²) in [6, 6.07) is 3.93. The van der Waals surface area contributed by atoms with Crippen LogP contribution in [0, 0.1) is 5.92 Å². The Bertz CT molecular complexity index is 638. The van der Waals surface area contributed by atoms with Gasteiger partial charge >= 0.3 is 5.97 Å². The largest absolute Gasteiger partial charge is 0.481 e. The zero-order valence-corrected chi connectivity index (χ0v) is 11.8. The molecule has 3 heterocycles. The van der Waals surface area contributed by atoms with E-state index in [2.05, 4.69) is 19.9 Å². The maximum absolute atomic E-state index is 10.6. The molecule has 0 spiro atoms. The van der Waals surface area contributed by atoms with Crippen LogP contribution in [0.15, 0.2) is 24.5 Å². The van der Waals surface area contributed by atoms with Crippen LogP contribution in [0.4, 0.5) is 5.82 Å². The predicted octanol–water partition coefficient (Wildman–Crippen LogP) is 2.11. The Morgan fingerprint density at radius 1 is 1.24 bits per heavy atom. The van der Waals surface area contributed by atoms with E-state index in [1.54, 1.807) is 12.4 Å². The zero-order chi connectivity index (χ0) is 14.7. The summed E-state index contributed by atoms with van der Waals surface area (Å²) < 4.78 is 0. The van der Waals surface area contributed by atoms with E-state index >= 15 is 0 Å². The lowest BCUT2D eigenvalue weighted by molar-refractivity contribution is -0.137. The molecule has 1 aliphatic rings. The van der Waals surface area contributed by atoms with Crippen LogP contribution in [0.1, 0.15) is 25.7 Å². The second-order valence-corrected chi connectivity index (χ2v) is 5.43. The Hall–Kier alpha value is -2.24. The van der Waals surface area contributed by atoms with Gasteiger partial charge in [-0.1, -0.05) is 0 Å². The minimum atomic E-state index is -0.702. The molecule has 6 nitrogen and oxygen atoms in total. The first-order valence-electron chi connectivity index (χ1n) is 7.27. The molecule has 21 heavy (non-hydrogen) atoms. The molecule has 1 saturated heterocycles. The zero-order valence-electron chi connectivity index (χ0n) is 11.8. The summed E-state index contributed by atoms with van der Waals surface area (Å²) in [5.74, 6) is 0.740. The Labute approximate surface area is 122 Å². The fourth-order valence-electron chi connectivity index (χ4n) is 2.80. The summed E-state index contributed by atoms with van der Waals surface area (Å²) in [7, 11) is 0. The third-order valence-corrected chi connectivity index (χ3v) is 4.02. The lowest BCUT2D eigenvalue weighted by atomic mass is 9.92. The standard InChI is InChI=1S/C15H18N4O2/c20-14(21)4-1-11-5-9-19(10-6-11)13-3-2-12-15(18-13)17-8-7-16-12/h2-3,7-8,11H,1,4-6,9-10H2,(H,20,21). The predicted molar refractivity (Wildman–Crippen MR) is 79.1 cm³/mol. The SMILES string of the molecule is O=C(O)CCC1CCN(c2ccc3nccnc3n2)CC1. The van der Waals surface area contributed by atoms with E-state index in [1.165, 1.54) is 0 Å². The molecule has 0 aliphatic carbocycles. The molecule has 0 saturated carbocycles. The van der Waals surface area contributed by atoms with Crippen molar-refractivity contribution in [1.29, 1.82) is 0 Å². The van der Waals surface area contributed by atoms with Gasteiger partial charge in [0.2, 0.25) is 0 Å². The molecule has 0 unspecified atom stereocenters. The van der Waals surface area contributed by atoms with Gasteiger partial charge in [0.25, 0.3) is 0 Å². The van der Waals surface area contributed by atoms with Crippen LogP contribution in [-0.2, 0) is 4.79 Å². The third kappa shape index (κ3) is 3.26. The van der Waals surface area contributed by atoms with E-state index in [4.69, 9.17) is 5.11 Å². The minimum Gasteiger partial charge on any atom is -0.481 e. The van der Waals surface area contributed by atoms with Crippen molar-refractivity contribution >= 4 is 23.0 Å². The highest BCUT2D eigenvalue weighted by atomic mass is 16.4. The second kappa shape index (κ2) is 6.03. The number of carboxylic acid groups (broad SMARTS) is 1. The molecule has 0 atom stereocenters. The molecule has 6 heteroatoms. The van der Waals surface area contributed by atoms with Crippen molar-refractivity contribution in [3.8, 4) is 0 Å². The van der Waals surface area contributed by atoms with E-state index in [-0.39, 0.29) is 6.42 Å². The summed E-state index contributed by atoms with van der Waals surface area (Å²) in [5, 5.41) is 8.74. The fourth-order valence-corrected chi connectivity index (χ4v) is 2.80. The molecule has 110 valence electrons. The number of carbonyl (C=O) groups is 1. The van der Waals surface area contributed by atoms with Gasteiger partial charge in [-0.05, 0) is 37.3 Å². The molecule has 2 aromatic heterocycles. The maximum atomic E-state index is 10.6. The van der Waals surface area contributed by atoms with Crippen LogP contribution in [-0.4, -0.2) is 39.1 Å². The van der Waals surface area contributed by atoms with E-state index in [1.807, 2.05) is 12.1 Å². The van der Waals surface area contributed by atoms with Gasteiger partial charge in [-0.2, -0.15) is 0 Å². The average Bonchev–Trinajstić information content (AvgIpc) is 2.53. The molecule has 1 N–H and O–H groups in total. The molecular weight excluding hydrogens is 268 g/mol. The number of fused-ring (bicyclic) bond motifs is 1. The van der Waals surface area contributed by atoms with Crippen molar-refractivity contribution in [1.82, 2.24) is 15.0 Å². The monoisotopic (exact) mass is 286 g/mol. The Morgan fingerprint density at radius 3 is 2.76 bits per heavy atom. The topological polar surface area (TPSA) is 79.2 Å². The summed E-state index contributed by atoms with van der Waals surface area (Å²) in [6.07, 6.45) is 6.41. The number of hydrogen-bond donors (Lipinski definition) is 1. The van der Waals surface area contributed by atoms with Gasteiger partial charge in [0.1, 0.15) is 11.3 Å². The van der Waals surface area contributed by atoms with Crippen LogP contribution in [0.5, 0.6) is 0 Å². The maximum Gasteiger partial charge on any atom is 0.303 e. The van der Waals surface area contributed by atoms with Crippen molar-refractivity contribution in [2.45, 2.75) is 25.7 Å². The fraction of sp³-hybridized carbons (Fsp3) is 0.467. The Kier molecular flexibility index (Phi) is 3.94. The molecule has 3 rings (SSSR count). The first-order chi connectivity index (χ1) is 10.2. The van der Waals surface area contributed by atoms with Crippen LogP contribution in [0.25, 0.3) is 11.2 Å². The summed E-state index contributed by atoms with van der Waals surface area (Å²) in [5.41, 5.74) is 1.47. The summed E-state index contributed by atoms with van der Waals surface area (Å²) in [6.45, 7) is 1.84. The molecule has 0 radical (unpaired) electrons. The molecule has 2 aromatic rings. The third-order valence-electron chi connectivity index (χ3n) is 4.02. The van der Waals surface area contributed by atoms with E-state index in [0.717, 1.165) is 43.7 Å². The van der Waals surface area contributed by atoms with E-state index in [9.17, 15) is 4.79 Å². The molecule has 0 bridgehead atoms. The lowest BCUT2D eigenvalue weighted by Crippen LogP contribution is -2.34. The van der Waals surface area contributed by atoms with Crippen LogP contribution in [0.2, 0.25) is 0 Å². The van der Waals surface area contributed by atoms with Gasteiger partial charge in [-0.25, -0.2) is 9.97 Å². The van der Waals surface area contributed by atoms with Gasteiger partial charge in [0, 0.05) is 31.9 Å². The molecule has 0 amide bonds. The number of piperidine rings is 1. The highest BCUT2D eigenvalue weighted by molar-refractivity contribution is 5.71. The number of rotatable bonds is 4. The van der Waals surface area contributed by atoms with Gasteiger partial charge < -0.3 is 10.0 Å². The Morgan fingerprint density at radius 2 is 2.00 bits per heavy atom. The highest BCUT2D eigenvalue weighted by Gasteiger charge is 2.21. The van der Waals surface area contributed by atoms with Crippen molar-refractivity contribution in [2.24, 2.45) is 5.92 Å². The first kappa shape index (κ1) is 13.7. The number of pyridine rings is 1. The van der Waals surface area contributed by atoms with Gasteiger partial charge in [0.05, 0.1) is 0 Å². The van der Waals surface area contributed by atoms with Crippen LogP contribution < -0.4 is 4.90 Å². The quantitative estimate of drug-likeness (QED) is 0.927. The number of carboxylic acids is 1. The van der Waals surface area contributed by atoms with Gasteiger partial charge in [-0.3, -0.25) is 9.78 Å². The van der Waals surface area contributed by atoms with Gasteiger partial charge in [0.15, 0.2) is 5.65 Å². The number of anilines is 1. The molecule has 1 aliphatic heterocycles. The Balaban J connectivity index is 1.64. The van der Waals surface area contributed by atoms with Gasteiger partial charge in [-0.15, -0.1) is 0 Å². The first-order valence-corrected chi connectivity index (χ1v) is 7.27. The second-order valence-electron chi connectivity index (χ2n) is 5.43. The number of nitrogens with zero attached hydrogens (tertiary/aromatic N) is 4. The number of hydrogen-bond acceptors (Lipinski definition) is 5. The lowest BCUT2D eigenvalue weighted by Gasteiger charge is -2.32. The normalized spacial score (nSPS) is 16.3. The van der Waals surface area contributed by atoms with Crippen molar-refractivity contribution in [2.75, 3.05) is 18.0 Å². The van der Waals surface area contributed by atoms with Crippen molar-refractivity contribution in [3.63, 3.8) is 0 Å². The number of aliphatic carboxylic acids is 1. The van der Waals surface area contributed by atoms with Crippen LogP contribution >= 0.6 is 0 Å². The molecule has 1 fully saturated rings.